The minimum atomic E-state index is -0.144. The van der Waals surface area contributed by atoms with Crippen LogP contribution in [0.25, 0.3) is 0 Å². The van der Waals surface area contributed by atoms with Crippen molar-refractivity contribution in [2.45, 2.75) is 38.7 Å². The van der Waals surface area contributed by atoms with E-state index in [0.717, 1.165) is 31.2 Å². The average Bonchev–Trinajstić information content (AvgIpc) is 2.38. The summed E-state index contributed by atoms with van der Waals surface area (Å²) in [5.74, 6) is 0.389. The van der Waals surface area contributed by atoms with Gasteiger partial charge in [0.1, 0.15) is 5.69 Å². The highest BCUT2D eigenvalue weighted by atomic mass is 16.3. The standard InChI is InChI=1S/C14H20N2O2/c1-10-3-2-8-15-13(10)14(18)16-9-11-4-6-12(17)7-5-11/h2-3,8,11-12,17H,4-7,9H2,1H3,(H,16,18). The Kier molecular flexibility index (Phi) is 4.31. The van der Waals surface area contributed by atoms with Crippen LogP contribution in [0.2, 0.25) is 0 Å². The van der Waals surface area contributed by atoms with E-state index in [4.69, 9.17) is 0 Å². The number of hydrogen-bond donors (Lipinski definition) is 2. The Bertz CT molecular complexity index is 412. The number of pyridine rings is 1. The van der Waals surface area contributed by atoms with E-state index in [9.17, 15) is 9.90 Å². The van der Waals surface area contributed by atoms with Crippen molar-refractivity contribution in [1.82, 2.24) is 10.3 Å². The minimum absolute atomic E-state index is 0.0979. The molecule has 2 N–H and O–H groups in total. The summed E-state index contributed by atoms with van der Waals surface area (Å²) in [6.45, 7) is 2.57. The molecule has 0 unspecified atom stereocenters. The summed E-state index contributed by atoms with van der Waals surface area (Å²) >= 11 is 0. The third-order valence-corrected chi connectivity index (χ3v) is 3.59. The van der Waals surface area contributed by atoms with Crippen LogP contribution in [0, 0.1) is 12.8 Å². The lowest BCUT2D eigenvalue weighted by Crippen LogP contribution is -2.32. The molecule has 98 valence electrons. The highest BCUT2D eigenvalue weighted by molar-refractivity contribution is 5.93. The maximum atomic E-state index is 11.9. The summed E-state index contributed by atoms with van der Waals surface area (Å²) in [7, 11) is 0. The number of aliphatic hydroxyl groups excluding tert-OH is 1. The number of nitrogens with zero attached hydrogens (tertiary/aromatic N) is 1. The Morgan fingerprint density at radius 3 is 2.83 bits per heavy atom. The van der Waals surface area contributed by atoms with Gasteiger partial charge in [0.2, 0.25) is 0 Å². The molecule has 1 aliphatic carbocycles. The Morgan fingerprint density at radius 1 is 1.44 bits per heavy atom. The van der Waals surface area contributed by atoms with Gasteiger partial charge in [0.15, 0.2) is 0 Å². The van der Waals surface area contributed by atoms with E-state index in [1.165, 1.54) is 0 Å². The molecule has 0 aromatic carbocycles. The van der Waals surface area contributed by atoms with Gasteiger partial charge in [-0.3, -0.25) is 9.78 Å². The van der Waals surface area contributed by atoms with Gasteiger partial charge in [-0.15, -0.1) is 0 Å². The van der Waals surface area contributed by atoms with Crippen molar-refractivity contribution in [2.75, 3.05) is 6.54 Å². The molecule has 1 heterocycles. The molecule has 18 heavy (non-hydrogen) atoms. The number of rotatable bonds is 3. The molecule has 0 radical (unpaired) electrons. The molecular formula is C14H20N2O2. The molecule has 1 aromatic heterocycles. The summed E-state index contributed by atoms with van der Waals surface area (Å²) in [6, 6.07) is 3.72. The van der Waals surface area contributed by atoms with Crippen molar-refractivity contribution in [1.29, 1.82) is 0 Å². The first-order valence-electron chi connectivity index (χ1n) is 6.54. The highest BCUT2D eigenvalue weighted by Gasteiger charge is 2.20. The van der Waals surface area contributed by atoms with Crippen molar-refractivity contribution >= 4 is 5.91 Å². The van der Waals surface area contributed by atoms with Gasteiger partial charge in [-0.1, -0.05) is 6.07 Å². The summed E-state index contributed by atoms with van der Waals surface area (Å²) < 4.78 is 0. The maximum absolute atomic E-state index is 11.9. The Balaban J connectivity index is 1.84. The van der Waals surface area contributed by atoms with Crippen LogP contribution in [0.15, 0.2) is 18.3 Å². The predicted octanol–water partition coefficient (Wildman–Crippen LogP) is 1.67. The van der Waals surface area contributed by atoms with Crippen molar-refractivity contribution in [3.63, 3.8) is 0 Å². The molecule has 1 aromatic rings. The number of amides is 1. The summed E-state index contributed by atoms with van der Waals surface area (Å²) in [5.41, 5.74) is 1.41. The summed E-state index contributed by atoms with van der Waals surface area (Å²) in [5, 5.41) is 12.4. The second kappa shape index (κ2) is 5.96. The molecule has 0 aliphatic heterocycles. The van der Waals surface area contributed by atoms with Gasteiger partial charge in [0.25, 0.3) is 5.91 Å². The fraction of sp³-hybridized carbons (Fsp3) is 0.571. The van der Waals surface area contributed by atoms with Crippen molar-refractivity contribution in [2.24, 2.45) is 5.92 Å². The molecule has 4 nitrogen and oxygen atoms in total. The third kappa shape index (κ3) is 3.29. The average molecular weight is 248 g/mol. The number of aliphatic hydroxyl groups is 1. The van der Waals surface area contributed by atoms with Crippen LogP contribution >= 0.6 is 0 Å². The Morgan fingerprint density at radius 2 is 2.17 bits per heavy atom. The van der Waals surface area contributed by atoms with Crippen LogP contribution in [0.4, 0.5) is 0 Å². The van der Waals surface area contributed by atoms with E-state index in [-0.39, 0.29) is 12.0 Å². The smallest absolute Gasteiger partial charge is 0.270 e. The summed E-state index contributed by atoms with van der Waals surface area (Å²) in [4.78, 5) is 16.1. The molecule has 0 spiro atoms. The SMILES string of the molecule is Cc1cccnc1C(=O)NCC1CCC(O)CC1. The van der Waals surface area contributed by atoms with Gasteiger partial charge in [0, 0.05) is 12.7 Å². The first-order valence-corrected chi connectivity index (χ1v) is 6.54. The highest BCUT2D eigenvalue weighted by Crippen LogP contribution is 2.23. The van der Waals surface area contributed by atoms with E-state index in [1.807, 2.05) is 19.1 Å². The quantitative estimate of drug-likeness (QED) is 0.855. The van der Waals surface area contributed by atoms with Gasteiger partial charge < -0.3 is 10.4 Å². The van der Waals surface area contributed by atoms with Crippen LogP contribution in [0.1, 0.15) is 41.7 Å². The normalized spacial score (nSPS) is 23.7. The number of aryl methyl sites for hydroxylation is 1. The monoisotopic (exact) mass is 248 g/mol. The van der Waals surface area contributed by atoms with Gasteiger partial charge in [-0.2, -0.15) is 0 Å². The zero-order valence-corrected chi connectivity index (χ0v) is 10.7. The van der Waals surface area contributed by atoms with E-state index in [0.29, 0.717) is 18.2 Å². The molecule has 4 heteroatoms. The van der Waals surface area contributed by atoms with Crippen LogP contribution < -0.4 is 5.32 Å². The molecular weight excluding hydrogens is 228 g/mol. The number of carbonyl (C=O) groups excluding carboxylic acids is 1. The topological polar surface area (TPSA) is 62.2 Å². The van der Waals surface area contributed by atoms with E-state index < -0.39 is 0 Å². The van der Waals surface area contributed by atoms with E-state index >= 15 is 0 Å². The lowest BCUT2D eigenvalue weighted by atomic mass is 9.87. The molecule has 0 atom stereocenters. The molecule has 1 fully saturated rings. The second-order valence-electron chi connectivity index (χ2n) is 5.05. The van der Waals surface area contributed by atoms with Crippen molar-refractivity contribution < 1.29 is 9.90 Å². The van der Waals surface area contributed by atoms with Crippen molar-refractivity contribution in [3.8, 4) is 0 Å². The minimum Gasteiger partial charge on any atom is -0.393 e. The Labute approximate surface area is 107 Å². The number of carbonyl (C=O) groups is 1. The van der Waals surface area contributed by atoms with E-state index in [2.05, 4.69) is 10.3 Å². The summed E-state index contributed by atoms with van der Waals surface area (Å²) in [6.07, 6.45) is 5.17. The molecule has 2 rings (SSSR count). The number of hydrogen-bond acceptors (Lipinski definition) is 3. The maximum Gasteiger partial charge on any atom is 0.270 e. The third-order valence-electron chi connectivity index (χ3n) is 3.59. The molecule has 0 saturated heterocycles. The van der Waals surface area contributed by atoms with E-state index in [1.54, 1.807) is 6.20 Å². The van der Waals surface area contributed by atoms with Crippen LogP contribution in [-0.4, -0.2) is 28.6 Å². The first-order chi connectivity index (χ1) is 8.66. The first kappa shape index (κ1) is 13.0. The Hall–Kier alpha value is -1.42. The molecule has 0 bridgehead atoms. The lowest BCUT2D eigenvalue weighted by Gasteiger charge is -2.25. The van der Waals surface area contributed by atoms with Crippen molar-refractivity contribution in [3.05, 3.63) is 29.6 Å². The second-order valence-corrected chi connectivity index (χ2v) is 5.05. The fourth-order valence-electron chi connectivity index (χ4n) is 2.39. The van der Waals surface area contributed by atoms with Crippen LogP contribution in [0.3, 0.4) is 0 Å². The lowest BCUT2D eigenvalue weighted by molar-refractivity contribution is 0.0905. The predicted molar refractivity (Wildman–Crippen MR) is 69.3 cm³/mol. The van der Waals surface area contributed by atoms with Crippen LogP contribution in [-0.2, 0) is 0 Å². The van der Waals surface area contributed by atoms with Gasteiger partial charge in [0.05, 0.1) is 6.10 Å². The zero-order valence-electron chi connectivity index (χ0n) is 10.7. The number of nitrogens with one attached hydrogen (secondary N) is 1. The molecule has 1 amide bonds. The van der Waals surface area contributed by atoms with Gasteiger partial charge >= 0.3 is 0 Å². The van der Waals surface area contributed by atoms with Crippen LogP contribution in [0.5, 0.6) is 0 Å². The zero-order chi connectivity index (χ0) is 13.0. The molecule has 1 saturated carbocycles. The van der Waals surface area contributed by atoms with Gasteiger partial charge in [-0.25, -0.2) is 0 Å². The number of aromatic nitrogens is 1. The molecule has 1 aliphatic rings. The van der Waals surface area contributed by atoms with Gasteiger partial charge in [-0.05, 0) is 50.2 Å². The fourth-order valence-corrected chi connectivity index (χ4v) is 2.39. The largest absolute Gasteiger partial charge is 0.393 e.